The Morgan fingerprint density at radius 3 is 2.40 bits per heavy atom. The molecule has 114 valence electrons. The molecule has 1 aromatic rings. The summed E-state index contributed by atoms with van der Waals surface area (Å²) < 4.78 is 5.19. The Hall–Kier alpha value is -1.06. The smallest absolute Gasteiger partial charge is 0.118 e. The molecule has 0 aliphatic heterocycles. The van der Waals surface area contributed by atoms with Gasteiger partial charge in [-0.1, -0.05) is 44.7 Å². The fraction of sp³-hybridized carbons (Fsp3) is 0.647. The number of hydrogen-bond donors (Lipinski definition) is 1. The van der Waals surface area contributed by atoms with Gasteiger partial charge in [0, 0.05) is 19.1 Å². The summed E-state index contributed by atoms with van der Waals surface area (Å²) in [5, 5.41) is 0. The van der Waals surface area contributed by atoms with Gasteiger partial charge in [-0.15, -0.1) is 0 Å². The van der Waals surface area contributed by atoms with Gasteiger partial charge in [-0.2, -0.15) is 0 Å². The Bertz CT molecular complexity index is 351. The first-order chi connectivity index (χ1) is 9.71. The van der Waals surface area contributed by atoms with Gasteiger partial charge >= 0.3 is 0 Å². The van der Waals surface area contributed by atoms with Crippen LogP contribution in [0.15, 0.2) is 24.3 Å². The van der Waals surface area contributed by atoms with Gasteiger partial charge in [-0.05, 0) is 31.2 Å². The zero-order valence-corrected chi connectivity index (χ0v) is 13.3. The molecule has 2 N–H and O–H groups in total. The Labute approximate surface area is 124 Å². The molecule has 0 bridgehead atoms. The molecule has 0 amide bonds. The SMILES string of the molecule is CCCCCCC(CN)N(C)Cc1ccc(OC)cc1. The molecule has 3 heteroatoms. The number of rotatable bonds is 10. The van der Waals surface area contributed by atoms with Crippen LogP contribution in [0.3, 0.4) is 0 Å². The minimum atomic E-state index is 0.481. The van der Waals surface area contributed by atoms with E-state index in [-0.39, 0.29) is 0 Å². The van der Waals surface area contributed by atoms with E-state index in [1.807, 2.05) is 12.1 Å². The molecule has 0 fully saturated rings. The molecular weight excluding hydrogens is 248 g/mol. The second-order valence-electron chi connectivity index (χ2n) is 5.50. The Morgan fingerprint density at radius 1 is 1.15 bits per heavy atom. The van der Waals surface area contributed by atoms with Crippen LogP contribution in [0.2, 0.25) is 0 Å². The van der Waals surface area contributed by atoms with Crippen LogP contribution in [0, 0.1) is 0 Å². The lowest BCUT2D eigenvalue weighted by Gasteiger charge is -2.27. The van der Waals surface area contributed by atoms with Gasteiger partial charge in [-0.25, -0.2) is 0 Å². The lowest BCUT2D eigenvalue weighted by atomic mass is 10.1. The first-order valence-electron chi connectivity index (χ1n) is 7.74. The first-order valence-corrected chi connectivity index (χ1v) is 7.74. The average Bonchev–Trinajstić information content (AvgIpc) is 2.48. The van der Waals surface area contributed by atoms with Gasteiger partial charge in [0.05, 0.1) is 7.11 Å². The van der Waals surface area contributed by atoms with E-state index in [2.05, 4.69) is 31.0 Å². The highest BCUT2D eigenvalue weighted by Gasteiger charge is 2.12. The van der Waals surface area contributed by atoms with E-state index in [0.717, 1.165) is 18.8 Å². The maximum Gasteiger partial charge on any atom is 0.118 e. The molecule has 0 aliphatic carbocycles. The fourth-order valence-electron chi connectivity index (χ4n) is 2.47. The maximum atomic E-state index is 5.93. The van der Waals surface area contributed by atoms with Crippen LogP contribution in [0.25, 0.3) is 0 Å². The zero-order valence-electron chi connectivity index (χ0n) is 13.3. The van der Waals surface area contributed by atoms with Crippen LogP contribution in [0.5, 0.6) is 5.75 Å². The molecule has 1 unspecified atom stereocenters. The van der Waals surface area contributed by atoms with Crippen molar-refractivity contribution in [3.05, 3.63) is 29.8 Å². The van der Waals surface area contributed by atoms with E-state index >= 15 is 0 Å². The Balaban J connectivity index is 2.42. The predicted octanol–water partition coefficient (Wildman–Crippen LogP) is 3.42. The van der Waals surface area contributed by atoms with Crippen LogP contribution in [-0.2, 0) is 6.54 Å². The molecular formula is C17H30N2O. The fourth-order valence-corrected chi connectivity index (χ4v) is 2.47. The predicted molar refractivity (Wildman–Crippen MR) is 86.1 cm³/mol. The van der Waals surface area contributed by atoms with Gasteiger partial charge in [0.25, 0.3) is 0 Å². The van der Waals surface area contributed by atoms with Gasteiger partial charge < -0.3 is 10.5 Å². The number of unbranched alkanes of at least 4 members (excludes halogenated alkanes) is 3. The number of ether oxygens (including phenoxy) is 1. The molecule has 0 saturated carbocycles. The van der Waals surface area contributed by atoms with Crippen molar-refractivity contribution in [3.8, 4) is 5.75 Å². The van der Waals surface area contributed by atoms with Crippen LogP contribution >= 0.6 is 0 Å². The van der Waals surface area contributed by atoms with Crippen molar-refractivity contribution in [3.63, 3.8) is 0 Å². The van der Waals surface area contributed by atoms with Crippen molar-refractivity contribution in [2.75, 3.05) is 20.7 Å². The molecule has 0 aromatic heterocycles. The van der Waals surface area contributed by atoms with Crippen molar-refractivity contribution < 1.29 is 4.74 Å². The minimum Gasteiger partial charge on any atom is -0.497 e. The summed E-state index contributed by atoms with van der Waals surface area (Å²) in [7, 11) is 3.86. The number of methoxy groups -OCH3 is 1. The first kappa shape index (κ1) is 17.0. The quantitative estimate of drug-likeness (QED) is 0.666. The molecule has 20 heavy (non-hydrogen) atoms. The highest BCUT2D eigenvalue weighted by molar-refractivity contribution is 5.27. The summed E-state index contributed by atoms with van der Waals surface area (Å²) >= 11 is 0. The Morgan fingerprint density at radius 2 is 1.85 bits per heavy atom. The lowest BCUT2D eigenvalue weighted by Crippen LogP contribution is -2.37. The molecule has 1 atom stereocenters. The molecule has 0 aliphatic rings. The molecule has 0 radical (unpaired) electrons. The van der Waals surface area contributed by atoms with E-state index < -0.39 is 0 Å². The third-order valence-corrected chi connectivity index (χ3v) is 3.88. The van der Waals surface area contributed by atoms with Crippen LogP contribution < -0.4 is 10.5 Å². The van der Waals surface area contributed by atoms with Gasteiger partial charge in [0.15, 0.2) is 0 Å². The second kappa shape index (κ2) is 9.78. The summed E-state index contributed by atoms with van der Waals surface area (Å²) in [6, 6.07) is 8.76. The van der Waals surface area contributed by atoms with E-state index in [4.69, 9.17) is 10.5 Å². The Kier molecular flexibility index (Phi) is 8.31. The number of benzene rings is 1. The second-order valence-corrected chi connectivity index (χ2v) is 5.50. The average molecular weight is 278 g/mol. The van der Waals surface area contributed by atoms with E-state index in [1.165, 1.54) is 37.7 Å². The summed E-state index contributed by atoms with van der Waals surface area (Å²) in [5.41, 5.74) is 7.23. The molecule has 0 saturated heterocycles. The third kappa shape index (κ3) is 5.93. The highest BCUT2D eigenvalue weighted by Crippen LogP contribution is 2.15. The van der Waals surface area contributed by atoms with E-state index in [9.17, 15) is 0 Å². The van der Waals surface area contributed by atoms with Crippen LogP contribution in [-0.4, -0.2) is 31.6 Å². The van der Waals surface area contributed by atoms with Gasteiger partial charge in [0.2, 0.25) is 0 Å². The summed E-state index contributed by atoms with van der Waals surface area (Å²) in [6.07, 6.45) is 6.42. The minimum absolute atomic E-state index is 0.481. The van der Waals surface area contributed by atoms with Crippen molar-refractivity contribution in [1.82, 2.24) is 4.90 Å². The standard InChI is InChI=1S/C17H30N2O/c1-4-5-6-7-8-16(13-18)19(2)14-15-9-11-17(20-3)12-10-15/h9-12,16H,4-8,13-14,18H2,1-3H3. The van der Waals surface area contributed by atoms with Gasteiger partial charge in [0.1, 0.15) is 5.75 Å². The number of nitrogens with two attached hydrogens (primary N) is 1. The van der Waals surface area contributed by atoms with Crippen LogP contribution in [0.4, 0.5) is 0 Å². The van der Waals surface area contributed by atoms with E-state index in [1.54, 1.807) is 7.11 Å². The van der Waals surface area contributed by atoms with Crippen LogP contribution in [0.1, 0.15) is 44.6 Å². The van der Waals surface area contributed by atoms with Crippen molar-refractivity contribution in [1.29, 1.82) is 0 Å². The maximum absolute atomic E-state index is 5.93. The van der Waals surface area contributed by atoms with Crippen molar-refractivity contribution in [2.24, 2.45) is 5.73 Å². The topological polar surface area (TPSA) is 38.5 Å². The molecule has 1 aromatic carbocycles. The number of likely N-dealkylation sites (N-methyl/N-ethyl adjacent to an activating group) is 1. The number of hydrogen-bond acceptors (Lipinski definition) is 3. The zero-order chi connectivity index (χ0) is 14.8. The highest BCUT2D eigenvalue weighted by atomic mass is 16.5. The molecule has 0 spiro atoms. The summed E-state index contributed by atoms with van der Waals surface area (Å²) in [6.45, 7) is 3.93. The van der Waals surface area contributed by atoms with Crippen molar-refractivity contribution >= 4 is 0 Å². The molecule has 0 heterocycles. The monoisotopic (exact) mass is 278 g/mol. The van der Waals surface area contributed by atoms with Gasteiger partial charge in [-0.3, -0.25) is 4.90 Å². The summed E-state index contributed by atoms with van der Waals surface area (Å²) in [5.74, 6) is 0.909. The summed E-state index contributed by atoms with van der Waals surface area (Å²) in [4.78, 5) is 2.37. The molecule has 3 nitrogen and oxygen atoms in total. The van der Waals surface area contributed by atoms with Crippen molar-refractivity contribution in [2.45, 2.75) is 51.6 Å². The lowest BCUT2D eigenvalue weighted by molar-refractivity contribution is 0.222. The molecule has 1 rings (SSSR count). The number of nitrogens with zero attached hydrogens (tertiary/aromatic N) is 1. The third-order valence-electron chi connectivity index (χ3n) is 3.88. The normalized spacial score (nSPS) is 12.7. The van der Waals surface area contributed by atoms with E-state index in [0.29, 0.717) is 6.04 Å². The largest absolute Gasteiger partial charge is 0.497 e.